The van der Waals surface area contributed by atoms with Gasteiger partial charge in [0.25, 0.3) is 15.9 Å². The molecule has 168 valence electrons. The first kappa shape index (κ1) is 23.1. The van der Waals surface area contributed by atoms with Gasteiger partial charge in [0.05, 0.1) is 4.90 Å². The Kier molecular flexibility index (Phi) is 7.23. The van der Waals surface area contributed by atoms with E-state index in [4.69, 9.17) is 4.74 Å². The van der Waals surface area contributed by atoms with Gasteiger partial charge in [0.1, 0.15) is 5.75 Å². The first-order chi connectivity index (χ1) is 14.7. The molecule has 1 N–H and O–H groups in total. The van der Waals surface area contributed by atoms with E-state index < -0.39 is 10.0 Å². The van der Waals surface area contributed by atoms with E-state index in [1.54, 1.807) is 25.1 Å². The van der Waals surface area contributed by atoms with E-state index in [0.29, 0.717) is 30.1 Å². The van der Waals surface area contributed by atoms with E-state index in [2.05, 4.69) is 16.5 Å². The highest BCUT2D eigenvalue weighted by atomic mass is 32.2. The molecule has 1 aliphatic rings. The van der Waals surface area contributed by atoms with Crippen molar-refractivity contribution in [1.29, 1.82) is 0 Å². The van der Waals surface area contributed by atoms with Crippen LogP contribution in [-0.2, 0) is 14.8 Å². The largest absolute Gasteiger partial charge is 0.483 e. The van der Waals surface area contributed by atoms with Crippen LogP contribution in [0.15, 0.2) is 41.3 Å². The number of hydrogen-bond acceptors (Lipinski definition) is 5. The van der Waals surface area contributed by atoms with Gasteiger partial charge in [-0.05, 0) is 74.3 Å². The molecule has 31 heavy (non-hydrogen) atoms. The lowest BCUT2D eigenvalue weighted by atomic mass is 10.1. The number of sulfonamides is 1. The minimum atomic E-state index is -3.72. The van der Waals surface area contributed by atoms with E-state index >= 15 is 0 Å². The Balaban J connectivity index is 1.62. The predicted octanol–water partition coefficient (Wildman–Crippen LogP) is 2.96. The highest BCUT2D eigenvalue weighted by Gasteiger charge is 2.21. The molecule has 1 aliphatic heterocycles. The van der Waals surface area contributed by atoms with Crippen molar-refractivity contribution in [1.82, 2.24) is 9.80 Å². The number of carbonyl (C=O) groups excluding carboxylic acids is 1. The van der Waals surface area contributed by atoms with Crippen molar-refractivity contribution in [3.8, 4) is 5.75 Å². The van der Waals surface area contributed by atoms with E-state index in [-0.39, 0.29) is 17.4 Å². The average Bonchev–Trinajstić information content (AvgIpc) is 2.75. The molecule has 0 aromatic heterocycles. The highest BCUT2D eigenvalue weighted by molar-refractivity contribution is 7.92. The maximum Gasteiger partial charge on any atom is 0.261 e. The normalized spacial score (nSPS) is 15.0. The Labute approximate surface area is 185 Å². The summed E-state index contributed by atoms with van der Waals surface area (Å²) in [7, 11) is -3.72. The molecule has 0 spiro atoms. The van der Waals surface area contributed by atoms with Crippen molar-refractivity contribution in [2.24, 2.45) is 0 Å². The first-order valence-electron chi connectivity index (χ1n) is 10.5. The van der Waals surface area contributed by atoms with Crippen LogP contribution in [-0.4, -0.2) is 63.5 Å². The van der Waals surface area contributed by atoms with Crippen LogP contribution in [0.25, 0.3) is 0 Å². The van der Waals surface area contributed by atoms with Crippen molar-refractivity contribution < 1.29 is 17.9 Å². The highest BCUT2D eigenvalue weighted by Crippen LogP contribution is 2.24. The summed E-state index contributed by atoms with van der Waals surface area (Å²) in [4.78, 5) is 16.7. The van der Waals surface area contributed by atoms with E-state index in [1.807, 2.05) is 30.9 Å². The van der Waals surface area contributed by atoms with Gasteiger partial charge >= 0.3 is 0 Å². The molecule has 7 nitrogen and oxygen atoms in total. The third-order valence-electron chi connectivity index (χ3n) is 5.74. The molecule has 1 heterocycles. The predicted molar refractivity (Wildman–Crippen MR) is 122 cm³/mol. The Morgan fingerprint density at radius 3 is 2.29 bits per heavy atom. The SMILES string of the molecule is CCN1CCN(C(=O)COc2ccc(S(=O)(=O)Nc3ccc(C)c(C)c3)cc2C)CC1. The van der Waals surface area contributed by atoms with Crippen molar-refractivity contribution in [3.05, 3.63) is 53.1 Å². The summed E-state index contributed by atoms with van der Waals surface area (Å²) in [6.45, 7) is 11.9. The Morgan fingerprint density at radius 2 is 1.68 bits per heavy atom. The number of benzene rings is 2. The van der Waals surface area contributed by atoms with Crippen molar-refractivity contribution in [2.75, 3.05) is 44.1 Å². The number of amides is 1. The second kappa shape index (κ2) is 9.70. The van der Waals surface area contributed by atoms with Crippen molar-refractivity contribution in [3.63, 3.8) is 0 Å². The smallest absolute Gasteiger partial charge is 0.261 e. The number of nitrogens with one attached hydrogen (secondary N) is 1. The van der Waals surface area contributed by atoms with Crippen LogP contribution in [0, 0.1) is 20.8 Å². The molecule has 0 bridgehead atoms. The molecule has 8 heteroatoms. The number of carbonyl (C=O) groups is 1. The van der Waals surface area contributed by atoms with Gasteiger partial charge < -0.3 is 14.5 Å². The van der Waals surface area contributed by atoms with Crippen LogP contribution < -0.4 is 9.46 Å². The lowest BCUT2D eigenvalue weighted by molar-refractivity contribution is -0.135. The summed E-state index contributed by atoms with van der Waals surface area (Å²) in [5, 5.41) is 0. The summed E-state index contributed by atoms with van der Waals surface area (Å²) in [6, 6.07) is 10.1. The van der Waals surface area contributed by atoms with Gasteiger partial charge in [0, 0.05) is 31.9 Å². The summed E-state index contributed by atoms with van der Waals surface area (Å²) >= 11 is 0. The fourth-order valence-corrected chi connectivity index (χ4v) is 4.65. The van der Waals surface area contributed by atoms with Crippen LogP contribution in [0.1, 0.15) is 23.6 Å². The summed E-state index contributed by atoms with van der Waals surface area (Å²) in [6.07, 6.45) is 0. The molecular formula is C23H31N3O4S. The number of anilines is 1. The molecule has 1 saturated heterocycles. The molecular weight excluding hydrogens is 414 g/mol. The summed E-state index contributed by atoms with van der Waals surface area (Å²) in [5.74, 6) is 0.453. The monoisotopic (exact) mass is 445 g/mol. The van der Waals surface area contributed by atoms with E-state index in [1.165, 1.54) is 6.07 Å². The first-order valence-corrected chi connectivity index (χ1v) is 12.0. The summed E-state index contributed by atoms with van der Waals surface area (Å²) < 4.78 is 33.9. The molecule has 2 aromatic carbocycles. The zero-order valence-corrected chi connectivity index (χ0v) is 19.5. The quantitative estimate of drug-likeness (QED) is 0.709. The maximum atomic E-state index is 12.8. The van der Waals surface area contributed by atoms with E-state index in [0.717, 1.165) is 30.8 Å². The zero-order chi connectivity index (χ0) is 22.6. The van der Waals surface area contributed by atoms with Gasteiger partial charge in [0.15, 0.2) is 6.61 Å². The number of hydrogen-bond donors (Lipinski definition) is 1. The van der Waals surface area contributed by atoms with Crippen LogP contribution in [0.4, 0.5) is 5.69 Å². The van der Waals surface area contributed by atoms with Crippen LogP contribution >= 0.6 is 0 Å². The molecule has 0 radical (unpaired) electrons. The third-order valence-corrected chi connectivity index (χ3v) is 7.12. The molecule has 3 rings (SSSR count). The molecule has 1 amide bonds. The Bertz CT molecular complexity index is 1040. The second-order valence-electron chi connectivity index (χ2n) is 7.94. The van der Waals surface area contributed by atoms with Gasteiger partial charge in [-0.3, -0.25) is 9.52 Å². The number of likely N-dealkylation sites (N-methyl/N-ethyl adjacent to an activating group) is 1. The van der Waals surface area contributed by atoms with Gasteiger partial charge in [0.2, 0.25) is 0 Å². The minimum absolute atomic E-state index is 0.0525. The number of rotatable bonds is 7. The molecule has 1 fully saturated rings. The number of piperazine rings is 1. The summed E-state index contributed by atoms with van der Waals surface area (Å²) in [5.41, 5.74) is 3.30. The van der Waals surface area contributed by atoms with Gasteiger partial charge in [-0.1, -0.05) is 13.0 Å². The lowest BCUT2D eigenvalue weighted by Gasteiger charge is -2.34. The van der Waals surface area contributed by atoms with Crippen LogP contribution in [0.2, 0.25) is 0 Å². The van der Waals surface area contributed by atoms with Crippen LogP contribution in [0.3, 0.4) is 0 Å². The lowest BCUT2D eigenvalue weighted by Crippen LogP contribution is -2.49. The fourth-order valence-electron chi connectivity index (χ4n) is 3.51. The second-order valence-corrected chi connectivity index (χ2v) is 9.62. The molecule has 0 saturated carbocycles. The average molecular weight is 446 g/mol. The number of nitrogens with zero attached hydrogens (tertiary/aromatic N) is 2. The minimum Gasteiger partial charge on any atom is -0.483 e. The van der Waals surface area contributed by atoms with Gasteiger partial charge in [-0.15, -0.1) is 0 Å². The third kappa shape index (κ3) is 5.77. The maximum absolute atomic E-state index is 12.8. The van der Waals surface area contributed by atoms with Gasteiger partial charge in [-0.2, -0.15) is 0 Å². The molecule has 0 aliphatic carbocycles. The standard InChI is InChI=1S/C23H31N3O4S/c1-5-25-10-12-26(13-11-25)23(27)16-30-22-9-8-21(15-19(22)4)31(28,29)24-20-7-6-17(2)18(3)14-20/h6-9,14-15,24H,5,10-13,16H2,1-4H3. The number of ether oxygens (including phenoxy) is 1. The fraction of sp³-hybridized carbons (Fsp3) is 0.435. The zero-order valence-electron chi connectivity index (χ0n) is 18.6. The van der Waals surface area contributed by atoms with Crippen molar-refractivity contribution >= 4 is 21.6 Å². The topological polar surface area (TPSA) is 79.0 Å². The molecule has 0 unspecified atom stereocenters. The number of aryl methyl sites for hydroxylation is 3. The van der Waals surface area contributed by atoms with Crippen LogP contribution in [0.5, 0.6) is 5.75 Å². The van der Waals surface area contributed by atoms with Crippen molar-refractivity contribution in [2.45, 2.75) is 32.6 Å². The molecule has 0 atom stereocenters. The van der Waals surface area contributed by atoms with E-state index in [9.17, 15) is 13.2 Å². The molecule has 2 aromatic rings. The Morgan fingerprint density at radius 1 is 0.968 bits per heavy atom. The van der Waals surface area contributed by atoms with Gasteiger partial charge in [-0.25, -0.2) is 8.42 Å². The Hall–Kier alpha value is -2.58.